The van der Waals surface area contributed by atoms with Gasteiger partial charge in [0.2, 0.25) is 0 Å². The largest absolute Gasteiger partial charge is 0.286 e. The van der Waals surface area contributed by atoms with E-state index in [1.807, 2.05) is 6.92 Å². The van der Waals surface area contributed by atoms with E-state index in [1.165, 1.54) is 12.1 Å². The first-order chi connectivity index (χ1) is 7.86. The Balaban J connectivity index is 2.73. The van der Waals surface area contributed by atoms with Gasteiger partial charge in [-0.25, -0.2) is 9.45 Å². The maximum atomic E-state index is 12.9. The van der Waals surface area contributed by atoms with Crippen LogP contribution < -0.4 is 0 Å². The Kier molecular flexibility index (Phi) is 4.23. The first kappa shape index (κ1) is 13.6. The van der Waals surface area contributed by atoms with Gasteiger partial charge in [-0.3, -0.25) is 10.0 Å². The van der Waals surface area contributed by atoms with Gasteiger partial charge < -0.3 is 0 Å². The van der Waals surface area contributed by atoms with Crippen LogP contribution in [0.25, 0.3) is 0 Å². The molecule has 1 rings (SSSR count). The van der Waals surface area contributed by atoms with Gasteiger partial charge in [-0.05, 0) is 24.1 Å². The third-order valence-corrected chi connectivity index (χ3v) is 2.92. The molecule has 0 heterocycles. The molecule has 0 saturated carbocycles. The second kappa shape index (κ2) is 5.27. The summed E-state index contributed by atoms with van der Waals surface area (Å²) in [7, 11) is 0. The molecule has 0 spiro atoms. The molecular formula is C13H18FNO2. The number of hydroxylamine groups is 2. The molecule has 1 aromatic carbocycles. The van der Waals surface area contributed by atoms with Crippen LogP contribution in [0.2, 0.25) is 0 Å². The highest BCUT2D eigenvalue weighted by Gasteiger charge is 2.29. The van der Waals surface area contributed by atoms with Crippen molar-refractivity contribution in [1.29, 1.82) is 0 Å². The third kappa shape index (κ3) is 3.53. The number of halogens is 1. The normalized spacial score (nSPS) is 11.4. The third-order valence-electron chi connectivity index (χ3n) is 2.92. The number of carbonyl (C=O) groups is 1. The minimum absolute atomic E-state index is 0.0000231. The summed E-state index contributed by atoms with van der Waals surface area (Å²) in [6.07, 6.45) is 0.631. The first-order valence-corrected chi connectivity index (χ1v) is 5.62. The standard InChI is InChI=1S/C13H18FNO2/c1-4-13(2,3)12(16)15(17)9-10-6-5-7-11(14)8-10/h5-8,17H,4,9H2,1-3H3. The lowest BCUT2D eigenvalue weighted by Crippen LogP contribution is -2.38. The van der Waals surface area contributed by atoms with E-state index < -0.39 is 5.41 Å². The van der Waals surface area contributed by atoms with Crippen LogP contribution in [0.15, 0.2) is 24.3 Å². The summed E-state index contributed by atoms with van der Waals surface area (Å²) in [6.45, 7) is 5.42. The van der Waals surface area contributed by atoms with Gasteiger partial charge in [0.05, 0.1) is 6.54 Å². The monoisotopic (exact) mass is 239 g/mol. The van der Waals surface area contributed by atoms with Gasteiger partial charge in [0.1, 0.15) is 5.82 Å². The molecule has 3 nitrogen and oxygen atoms in total. The lowest BCUT2D eigenvalue weighted by molar-refractivity contribution is -0.178. The molecular weight excluding hydrogens is 221 g/mol. The fourth-order valence-electron chi connectivity index (χ4n) is 1.38. The minimum atomic E-state index is -0.609. The number of carbonyl (C=O) groups excluding carboxylic acids is 1. The van der Waals surface area contributed by atoms with Crippen molar-refractivity contribution >= 4 is 5.91 Å². The quantitative estimate of drug-likeness (QED) is 0.648. The number of nitrogens with zero attached hydrogens (tertiary/aromatic N) is 1. The van der Waals surface area contributed by atoms with E-state index in [9.17, 15) is 14.4 Å². The number of benzene rings is 1. The van der Waals surface area contributed by atoms with Crippen molar-refractivity contribution < 1.29 is 14.4 Å². The Labute approximate surface area is 101 Å². The van der Waals surface area contributed by atoms with Gasteiger partial charge in [0.25, 0.3) is 5.91 Å². The van der Waals surface area contributed by atoms with E-state index in [0.29, 0.717) is 17.0 Å². The van der Waals surface area contributed by atoms with Gasteiger partial charge in [0.15, 0.2) is 0 Å². The summed E-state index contributed by atoms with van der Waals surface area (Å²) in [5, 5.41) is 10.3. The van der Waals surface area contributed by atoms with Gasteiger partial charge >= 0.3 is 0 Å². The molecule has 0 aromatic heterocycles. The van der Waals surface area contributed by atoms with Crippen molar-refractivity contribution in [3.63, 3.8) is 0 Å². The Bertz CT molecular complexity index is 404. The van der Waals surface area contributed by atoms with E-state index in [2.05, 4.69) is 0 Å². The van der Waals surface area contributed by atoms with Crippen LogP contribution >= 0.6 is 0 Å². The van der Waals surface area contributed by atoms with E-state index >= 15 is 0 Å². The van der Waals surface area contributed by atoms with Crippen molar-refractivity contribution in [3.8, 4) is 0 Å². The fourth-order valence-corrected chi connectivity index (χ4v) is 1.38. The van der Waals surface area contributed by atoms with Crippen LogP contribution in [0.3, 0.4) is 0 Å². The van der Waals surface area contributed by atoms with Crippen molar-refractivity contribution in [3.05, 3.63) is 35.6 Å². The maximum Gasteiger partial charge on any atom is 0.251 e. The zero-order valence-corrected chi connectivity index (χ0v) is 10.4. The Morgan fingerprint density at radius 2 is 2.12 bits per heavy atom. The molecule has 0 radical (unpaired) electrons. The van der Waals surface area contributed by atoms with Crippen molar-refractivity contribution in [2.75, 3.05) is 0 Å². The molecule has 0 atom stereocenters. The summed E-state index contributed by atoms with van der Waals surface area (Å²) in [5.41, 5.74) is -0.0463. The zero-order valence-electron chi connectivity index (χ0n) is 10.4. The van der Waals surface area contributed by atoms with Crippen LogP contribution in [-0.4, -0.2) is 16.2 Å². The summed E-state index contributed by atoms with van der Waals surface area (Å²) in [4.78, 5) is 11.9. The van der Waals surface area contributed by atoms with Crippen LogP contribution in [-0.2, 0) is 11.3 Å². The molecule has 0 fully saturated rings. The highest BCUT2D eigenvalue weighted by molar-refractivity contribution is 5.80. The van der Waals surface area contributed by atoms with Gasteiger partial charge in [0, 0.05) is 5.41 Å². The average molecular weight is 239 g/mol. The van der Waals surface area contributed by atoms with Crippen molar-refractivity contribution in [1.82, 2.24) is 5.06 Å². The summed E-state index contributed by atoms with van der Waals surface area (Å²) in [6, 6.07) is 5.84. The van der Waals surface area contributed by atoms with Crippen LogP contribution in [0.5, 0.6) is 0 Å². The zero-order chi connectivity index (χ0) is 13.1. The topological polar surface area (TPSA) is 40.5 Å². The molecule has 1 aromatic rings. The highest BCUT2D eigenvalue weighted by Crippen LogP contribution is 2.23. The molecule has 0 aliphatic carbocycles. The number of hydrogen-bond donors (Lipinski definition) is 1. The molecule has 1 N–H and O–H groups in total. The second-order valence-electron chi connectivity index (χ2n) is 4.73. The number of amides is 1. The molecule has 0 unspecified atom stereocenters. The van der Waals surface area contributed by atoms with Gasteiger partial charge in [-0.1, -0.05) is 32.9 Å². The molecule has 0 aliphatic heterocycles. The molecule has 0 bridgehead atoms. The molecule has 4 heteroatoms. The van der Waals surface area contributed by atoms with Gasteiger partial charge in [-0.15, -0.1) is 0 Å². The number of rotatable bonds is 4. The average Bonchev–Trinajstić information content (AvgIpc) is 2.28. The van der Waals surface area contributed by atoms with Crippen molar-refractivity contribution in [2.45, 2.75) is 33.7 Å². The lowest BCUT2D eigenvalue weighted by Gasteiger charge is -2.26. The number of hydrogen-bond acceptors (Lipinski definition) is 2. The fraction of sp³-hybridized carbons (Fsp3) is 0.462. The van der Waals surface area contributed by atoms with E-state index in [-0.39, 0.29) is 18.3 Å². The summed E-state index contributed by atoms with van der Waals surface area (Å²) in [5.74, 6) is -0.734. The maximum absolute atomic E-state index is 12.9. The predicted octanol–water partition coefficient (Wildman–Crippen LogP) is 2.98. The first-order valence-electron chi connectivity index (χ1n) is 5.62. The summed E-state index contributed by atoms with van der Waals surface area (Å²) < 4.78 is 12.9. The van der Waals surface area contributed by atoms with Crippen LogP contribution in [0.1, 0.15) is 32.8 Å². The predicted molar refractivity (Wildman–Crippen MR) is 62.8 cm³/mol. The highest BCUT2D eigenvalue weighted by atomic mass is 19.1. The molecule has 0 aliphatic rings. The van der Waals surface area contributed by atoms with E-state index in [1.54, 1.807) is 26.0 Å². The Morgan fingerprint density at radius 1 is 1.47 bits per heavy atom. The van der Waals surface area contributed by atoms with Gasteiger partial charge in [-0.2, -0.15) is 0 Å². The van der Waals surface area contributed by atoms with Crippen molar-refractivity contribution in [2.24, 2.45) is 5.41 Å². The summed E-state index contributed by atoms with van der Waals surface area (Å²) >= 11 is 0. The Morgan fingerprint density at radius 3 is 2.65 bits per heavy atom. The lowest BCUT2D eigenvalue weighted by atomic mass is 9.89. The van der Waals surface area contributed by atoms with E-state index in [0.717, 1.165) is 0 Å². The smallest absolute Gasteiger partial charge is 0.251 e. The second-order valence-corrected chi connectivity index (χ2v) is 4.73. The Hall–Kier alpha value is -1.42. The molecule has 1 amide bonds. The SMILES string of the molecule is CCC(C)(C)C(=O)N(O)Cc1cccc(F)c1. The molecule has 17 heavy (non-hydrogen) atoms. The van der Waals surface area contributed by atoms with E-state index in [4.69, 9.17) is 0 Å². The minimum Gasteiger partial charge on any atom is -0.286 e. The van der Waals surface area contributed by atoms with Crippen LogP contribution in [0.4, 0.5) is 4.39 Å². The van der Waals surface area contributed by atoms with Crippen LogP contribution in [0, 0.1) is 11.2 Å². The molecule has 94 valence electrons. The molecule has 0 saturated heterocycles.